The fourth-order valence-electron chi connectivity index (χ4n) is 1.57. The summed E-state index contributed by atoms with van der Waals surface area (Å²) >= 11 is 0. The quantitative estimate of drug-likeness (QED) is 0.812. The molecule has 1 heterocycles. The molecule has 0 radical (unpaired) electrons. The van der Waals surface area contributed by atoms with Gasteiger partial charge in [0.15, 0.2) is 0 Å². The molecule has 0 amide bonds. The Morgan fingerprint density at radius 3 is 2.53 bits per heavy atom. The summed E-state index contributed by atoms with van der Waals surface area (Å²) in [5.41, 5.74) is 5.61. The summed E-state index contributed by atoms with van der Waals surface area (Å²) < 4.78 is 5.55. The Morgan fingerprint density at radius 1 is 1.29 bits per heavy atom. The maximum atomic E-state index is 5.61. The summed E-state index contributed by atoms with van der Waals surface area (Å²) in [5.74, 6) is 1.46. The molecule has 1 aromatic heterocycles. The van der Waals surface area contributed by atoms with Crippen molar-refractivity contribution >= 4 is 5.82 Å². The minimum absolute atomic E-state index is 0.111. The van der Waals surface area contributed by atoms with E-state index in [0.29, 0.717) is 18.5 Å². The van der Waals surface area contributed by atoms with Gasteiger partial charge in [-0.2, -0.15) is 0 Å². The lowest BCUT2D eigenvalue weighted by Gasteiger charge is -2.27. The van der Waals surface area contributed by atoms with Crippen molar-refractivity contribution in [2.45, 2.75) is 39.8 Å². The monoisotopic (exact) mass is 238 g/mol. The summed E-state index contributed by atoms with van der Waals surface area (Å²) in [6.07, 6.45) is 1.64. The predicted octanol–water partition coefficient (Wildman–Crippen LogP) is 1.44. The molecular weight excluding hydrogens is 216 g/mol. The van der Waals surface area contributed by atoms with Gasteiger partial charge in [0.1, 0.15) is 12.1 Å². The van der Waals surface area contributed by atoms with Crippen LogP contribution in [0, 0.1) is 0 Å². The van der Waals surface area contributed by atoms with Crippen molar-refractivity contribution in [3.05, 3.63) is 12.4 Å². The largest absolute Gasteiger partial charge is 0.475 e. The summed E-state index contributed by atoms with van der Waals surface area (Å²) in [5, 5.41) is 0. The van der Waals surface area contributed by atoms with Gasteiger partial charge in [-0.1, -0.05) is 0 Å². The number of anilines is 1. The van der Waals surface area contributed by atoms with Crippen molar-refractivity contribution in [3.63, 3.8) is 0 Å². The van der Waals surface area contributed by atoms with Gasteiger partial charge in [0.25, 0.3) is 0 Å². The summed E-state index contributed by atoms with van der Waals surface area (Å²) in [4.78, 5) is 10.5. The van der Waals surface area contributed by atoms with E-state index in [1.807, 2.05) is 19.9 Å². The van der Waals surface area contributed by atoms with E-state index in [2.05, 4.69) is 28.7 Å². The molecule has 17 heavy (non-hydrogen) atoms. The zero-order chi connectivity index (χ0) is 12.8. The second-order valence-corrected chi connectivity index (χ2v) is 4.46. The number of nitrogens with two attached hydrogens (primary N) is 1. The zero-order valence-electron chi connectivity index (χ0n) is 11.1. The van der Waals surface area contributed by atoms with Gasteiger partial charge in [0.2, 0.25) is 5.88 Å². The molecule has 1 rings (SSSR count). The van der Waals surface area contributed by atoms with Gasteiger partial charge < -0.3 is 15.4 Å². The van der Waals surface area contributed by atoms with Crippen LogP contribution in [0.1, 0.15) is 27.7 Å². The summed E-state index contributed by atoms with van der Waals surface area (Å²) in [7, 11) is 0. The first kappa shape index (κ1) is 13.7. The smallest absolute Gasteiger partial charge is 0.218 e. The molecule has 0 aliphatic heterocycles. The predicted molar refractivity (Wildman–Crippen MR) is 69.3 cm³/mol. The molecule has 0 atom stereocenters. The van der Waals surface area contributed by atoms with Crippen molar-refractivity contribution in [1.29, 1.82) is 0 Å². The minimum Gasteiger partial charge on any atom is -0.475 e. The molecule has 1 aromatic rings. The molecule has 0 saturated heterocycles. The van der Waals surface area contributed by atoms with Crippen molar-refractivity contribution in [2.75, 3.05) is 18.0 Å². The second kappa shape index (κ2) is 6.39. The van der Waals surface area contributed by atoms with Crippen LogP contribution < -0.4 is 15.4 Å². The standard InChI is InChI=1S/C12H22N4O/c1-9(2)16(6-5-13)11-7-12(15-8-14-11)17-10(3)4/h7-10H,5-6,13H2,1-4H3. The lowest BCUT2D eigenvalue weighted by Crippen LogP contribution is -2.36. The average Bonchev–Trinajstić information content (AvgIpc) is 2.24. The van der Waals surface area contributed by atoms with Crippen LogP contribution in [0.25, 0.3) is 0 Å². The molecule has 5 nitrogen and oxygen atoms in total. The first-order valence-electron chi connectivity index (χ1n) is 6.00. The Labute approximate surface area is 103 Å². The Hall–Kier alpha value is -1.36. The molecule has 0 saturated carbocycles. The lowest BCUT2D eigenvalue weighted by atomic mass is 10.3. The highest BCUT2D eigenvalue weighted by Crippen LogP contribution is 2.18. The van der Waals surface area contributed by atoms with Gasteiger partial charge in [0.05, 0.1) is 6.10 Å². The number of ether oxygens (including phenoxy) is 1. The van der Waals surface area contributed by atoms with E-state index >= 15 is 0 Å². The van der Waals surface area contributed by atoms with E-state index in [1.165, 1.54) is 6.33 Å². The van der Waals surface area contributed by atoms with E-state index in [0.717, 1.165) is 12.4 Å². The number of aromatic nitrogens is 2. The topological polar surface area (TPSA) is 64.3 Å². The van der Waals surface area contributed by atoms with E-state index in [-0.39, 0.29) is 6.10 Å². The van der Waals surface area contributed by atoms with Crippen LogP contribution in [0.2, 0.25) is 0 Å². The second-order valence-electron chi connectivity index (χ2n) is 4.46. The highest BCUT2D eigenvalue weighted by molar-refractivity contribution is 5.41. The van der Waals surface area contributed by atoms with Gasteiger partial charge in [-0.3, -0.25) is 0 Å². The number of hydrogen-bond donors (Lipinski definition) is 1. The molecule has 0 unspecified atom stereocenters. The van der Waals surface area contributed by atoms with Gasteiger partial charge in [-0.15, -0.1) is 0 Å². The molecule has 0 spiro atoms. The molecule has 96 valence electrons. The highest BCUT2D eigenvalue weighted by Gasteiger charge is 2.12. The molecule has 0 bridgehead atoms. The zero-order valence-corrected chi connectivity index (χ0v) is 11.1. The van der Waals surface area contributed by atoms with Gasteiger partial charge >= 0.3 is 0 Å². The molecule has 0 fully saturated rings. The molecule has 0 aromatic carbocycles. The van der Waals surface area contributed by atoms with Crippen LogP contribution in [0.4, 0.5) is 5.82 Å². The van der Waals surface area contributed by atoms with Crippen LogP contribution >= 0.6 is 0 Å². The minimum atomic E-state index is 0.111. The Bertz CT molecular complexity index is 341. The number of nitrogens with zero attached hydrogens (tertiary/aromatic N) is 3. The molecule has 2 N–H and O–H groups in total. The van der Waals surface area contributed by atoms with Crippen molar-refractivity contribution < 1.29 is 4.74 Å². The summed E-state index contributed by atoms with van der Waals surface area (Å²) in [6, 6.07) is 2.20. The third-order valence-electron chi connectivity index (χ3n) is 2.27. The van der Waals surface area contributed by atoms with Crippen LogP contribution in [0.3, 0.4) is 0 Å². The van der Waals surface area contributed by atoms with E-state index in [4.69, 9.17) is 10.5 Å². The lowest BCUT2D eigenvalue weighted by molar-refractivity contribution is 0.232. The number of hydrogen-bond acceptors (Lipinski definition) is 5. The normalized spacial score (nSPS) is 11.0. The summed E-state index contributed by atoms with van der Waals surface area (Å²) in [6.45, 7) is 9.55. The number of rotatable bonds is 6. The third-order valence-corrected chi connectivity index (χ3v) is 2.27. The molecule has 0 aliphatic rings. The van der Waals surface area contributed by atoms with Crippen molar-refractivity contribution in [3.8, 4) is 5.88 Å². The molecule has 0 aliphatic carbocycles. The fraction of sp³-hybridized carbons (Fsp3) is 0.667. The van der Waals surface area contributed by atoms with Crippen LogP contribution in [0.5, 0.6) is 5.88 Å². The molecular formula is C12H22N4O. The first-order valence-corrected chi connectivity index (χ1v) is 6.00. The maximum absolute atomic E-state index is 5.61. The van der Waals surface area contributed by atoms with E-state index in [9.17, 15) is 0 Å². The van der Waals surface area contributed by atoms with E-state index in [1.54, 1.807) is 0 Å². The van der Waals surface area contributed by atoms with Crippen LogP contribution in [-0.4, -0.2) is 35.2 Å². The van der Waals surface area contributed by atoms with Crippen LogP contribution in [0.15, 0.2) is 12.4 Å². The Morgan fingerprint density at radius 2 is 2.00 bits per heavy atom. The maximum Gasteiger partial charge on any atom is 0.218 e. The van der Waals surface area contributed by atoms with Crippen molar-refractivity contribution in [2.24, 2.45) is 5.73 Å². The van der Waals surface area contributed by atoms with Gasteiger partial charge in [0, 0.05) is 25.2 Å². The molecule has 5 heteroatoms. The first-order chi connectivity index (χ1) is 8.04. The van der Waals surface area contributed by atoms with Gasteiger partial charge in [-0.05, 0) is 27.7 Å². The Balaban J connectivity index is 2.87. The van der Waals surface area contributed by atoms with Gasteiger partial charge in [-0.25, -0.2) is 9.97 Å². The van der Waals surface area contributed by atoms with Crippen LogP contribution in [-0.2, 0) is 0 Å². The SMILES string of the molecule is CC(C)Oc1cc(N(CCN)C(C)C)ncn1. The van der Waals surface area contributed by atoms with E-state index < -0.39 is 0 Å². The Kier molecular flexibility index (Phi) is 5.15. The van der Waals surface area contributed by atoms with Crippen molar-refractivity contribution in [1.82, 2.24) is 9.97 Å². The highest BCUT2D eigenvalue weighted by atomic mass is 16.5. The fourth-order valence-corrected chi connectivity index (χ4v) is 1.57. The average molecular weight is 238 g/mol. The third kappa shape index (κ3) is 4.19.